The average Bonchev–Trinajstić information content (AvgIpc) is 3.10. The van der Waals surface area contributed by atoms with Gasteiger partial charge in [0.2, 0.25) is 0 Å². The van der Waals surface area contributed by atoms with Crippen LogP contribution in [-0.2, 0) is 0 Å². The highest BCUT2D eigenvalue weighted by atomic mass is 15.4. The molecule has 0 amide bonds. The molecule has 22 heavy (non-hydrogen) atoms. The second-order valence-corrected chi connectivity index (χ2v) is 4.95. The van der Waals surface area contributed by atoms with Gasteiger partial charge in [0.15, 0.2) is 5.82 Å². The highest BCUT2D eigenvalue weighted by molar-refractivity contribution is 5.85. The van der Waals surface area contributed by atoms with Crippen molar-refractivity contribution in [2.75, 3.05) is 10.2 Å². The lowest BCUT2D eigenvalue weighted by atomic mass is 10.1. The Labute approximate surface area is 127 Å². The number of aromatic amines is 1. The van der Waals surface area contributed by atoms with Gasteiger partial charge in [0.05, 0.1) is 18.2 Å². The topological polar surface area (TPSA) is 69.2 Å². The molecule has 4 rings (SSSR count). The number of aromatic nitrogens is 3. The summed E-state index contributed by atoms with van der Waals surface area (Å²) >= 11 is 0. The maximum absolute atomic E-state index is 4.50. The van der Waals surface area contributed by atoms with Gasteiger partial charge in [-0.1, -0.05) is 36.4 Å². The Kier molecular flexibility index (Phi) is 3.05. The number of hydrogen-bond donors (Lipinski definition) is 2. The Hall–Kier alpha value is -3.15. The van der Waals surface area contributed by atoms with Gasteiger partial charge in [-0.05, 0) is 18.2 Å². The summed E-state index contributed by atoms with van der Waals surface area (Å²) < 4.78 is 0. The first-order valence-electron chi connectivity index (χ1n) is 7.00. The van der Waals surface area contributed by atoms with Crippen LogP contribution in [0.15, 0.2) is 65.8 Å². The third-order valence-electron chi connectivity index (χ3n) is 3.57. The van der Waals surface area contributed by atoms with E-state index in [1.165, 1.54) is 0 Å². The lowest BCUT2D eigenvalue weighted by Crippen LogP contribution is -2.35. The predicted molar refractivity (Wildman–Crippen MR) is 86.3 cm³/mol. The highest BCUT2D eigenvalue weighted by Crippen LogP contribution is 2.35. The molecule has 0 saturated carbocycles. The maximum Gasteiger partial charge on any atom is 0.178 e. The van der Waals surface area contributed by atoms with Crippen LogP contribution in [0.25, 0.3) is 0 Å². The van der Waals surface area contributed by atoms with E-state index in [1.54, 1.807) is 12.5 Å². The van der Waals surface area contributed by atoms with Gasteiger partial charge in [0.25, 0.3) is 0 Å². The number of nitrogens with one attached hydrogen (secondary N) is 2. The van der Waals surface area contributed by atoms with Gasteiger partial charge in [-0.25, -0.2) is 4.99 Å². The van der Waals surface area contributed by atoms with Crippen LogP contribution in [0, 0.1) is 0 Å². The lowest BCUT2D eigenvalue weighted by Gasteiger charge is -2.33. The van der Waals surface area contributed by atoms with E-state index < -0.39 is 0 Å². The highest BCUT2D eigenvalue weighted by Gasteiger charge is 2.26. The predicted octanol–water partition coefficient (Wildman–Crippen LogP) is 3.10. The molecule has 2 aromatic carbocycles. The Morgan fingerprint density at radius 3 is 2.64 bits per heavy atom. The normalized spacial score (nSPS) is 16.4. The summed E-state index contributed by atoms with van der Waals surface area (Å²) in [6.07, 6.45) is 3.36. The molecule has 1 aliphatic rings. The summed E-state index contributed by atoms with van der Waals surface area (Å²) in [5.41, 5.74) is 3.08. The summed E-state index contributed by atoms with van der Waals surface area (Å²) in [6, 6.07) is 18.2. The van der Waals surface area contributed by atoms with Crippen molar-refractivity contribution in [1.29, 1.82) is 0 Å². The number of rotatable bonds is 3. The molecular formula is C16H14N6. The Morgan fingerprint density at radius 2 is 1.82 bits per heavy atom. The van der Waals surface area contributed by atoms with Crippen LogP contribution in [0.5, 0.6) is 0 Å². The van der Waals surface area contributed by atoms with Crippen molar-refractivity contribution in [3.05, 3.63) is 66.4 Å². The van der Waals surface area contributed by atoms with Gasteiger partial charge in [0, 0.05) is 11.3 Å². The molecule has 0 bridgehead atoms. The van der Waals surface area contributed by atoms with Gasteiger partial charge in [0.1, 0.15) is 6.17 Å². The van der Waals surface area contributed by atoms with Crippen LogP contribution >= 0.6 is 0 Å². The van der Waals surface area contributed by atoms with E-state index in [0.717, 1.165) is 16.9 Å². The molecule has 1 aliphatic heterocycles. The molecule has 2 heterocycles. The summed E-state index contributed by atoms with van der Waals surface area (Å²) in [7, 11) is 0. The van der Waals surface area contributed by atoms with Crippen LogP contribution in [0.2, 0.25) is 0 Å². The number of fused-ring (bicyclic) bond motifs is 1. The van der Waals surface area contributed by atoms with Crippen LogP contribution in [-0.4, -0.2) is 21.7 Å². The fraction of sp³-hybridized carbons (Fsp3) is 0.0625. The molecule has 1 aromatic heterocycles. The Balaban J connectivity index is 1.76. The van der Waals surface area contributed by atoms with Crippen molar-refractivity contribution >= 4 is 23.5 Å². The van der Waals surface area contributed by atoms with E-state index in [-0.39, 0.29) is 6.17 Å². The first-order chi connectivity index (χ1) is 10.9. The zero-order chi connectivity index (χ0) is 14.8. The molecule has 0 fully saturated rings. The molecule has 0 spiro atoms. The number of anilines is 2. The van der Waals surface area contributed by atoms with Crippen molar-refractivity contribution in [2.24, 2.45) is 4.99 Å². The Bertz CT molecular complexity index is 781. The quantitative estimate of drug-likeness (QED) is 0.777. The second kappa shape index (κ2) is 5.33. The second-order valence-electron chi connectivity index (χ2n) is 4.95. The van der Waals surface area contributed by atoms with Crippen molar-refractivity contribution in [3.63, 3.8) is 0 Å². The molecule has 0 aliphatic carbocycles. The molecule has 108 valence electrons. The molecule has 2 N–H and O–H groups in total. The molecular weight excluding hydrogens is 276 g/mol. The number of hydrogen-bond acceptors (Lipinski definition) is 5. The van der Waals surface area contributed by atoms with Crippen molar-refractivity contribution in [2.45, 2.75) is 6.17 Å². The van der Waals surface area contributed by atoms with Gasteiger partial charge < -0.3 is 5.32 Å². The van der Waals surface area contributed by atoms with Crippen LogP contribution in [0.1, 0.15) is 11.7 Å². The van der Waals surface area contributed by atoms with E-state index in [1.807, 2.05) is 53.4 Å². The molecule has 1 atom stereocenters. The zero-order valence-corrected chi connectivity index (χ0v) is 11.7. The maximum atomic E-state index is 4.50. The van der Waals surface area contributed by atoms with Gasteiger partial charge in [-0.2, -0.15) is 10.3 Å². The number of nitrogens with zero attached hydrogens (tertiary/aromatic N) is 4. The molecule has 1 unspecified atom stereocenters. The molecule has 6 nitrogen and oxygen atoms in total. The van der Waals surface area contributed by atoms with Crippen LogP contribution in [0.3, 0.4) is 0 Å². The minimum Gasteiger partial charge on any atom is -0.361 e. The molecule has 0 radical (unpaired) electrons. The van der Waals surface area contributed by atoms with Crippen molar-refractivity contribution in [1.82, 2.24) is 15.4 Å². The Morgan fingerprint density at radius 1 is 1.00 bits per heavy atom. The summed E-state index contributed by atoms with van der Waals surface area (Å²) in [4.78, 5) is 6.46. The lowest BCUT2D eigenvalue weighted by molar-refractivity contribution is 0.789. The standard InChI is InChI=1S/C16H14N6/c1-2-6-12(7-3-1)19-16-13-8-4-5-9-14(13)17-11-22(16)15-10-18-21-20-15/h1-11,16,19H,(H,18,20,21). The minimum absolute atomic E-state index is 0.0961. The number of para-hydroxylation sites is 2. The van der Waals surface area contributed by atoms with E-state index in [9.17, 15) is 0 Å². The van der Waals surface area contributed by atoms with Gasteiger partial charge >= 0.3 is 0 Å². The van der Waals surface area contributed by atoms with Crippen molar-refractivity contribution < 1.29 is 0 Å². The number of H-pyrrole nitrogens is 1. The smallest absolute Gasteiger partial charge is 0.178 e. The monoisotopic (exact) mass is 290 g/mol. The van der Waals surface area contributed by atoms with E-state index in [2.05, 4.69) is 31.8 Å². The van der Waals surface area contributed by atoms with E-state index in [4.69, 9.17) is 0 Å². The summed E-state index contributed by atoms with van der Waals surface area (Å²) in [5, 5.41) is 14.2. The van der Waals surface area contributed by atoms with Crippen LogP contribution in [0.4, 0.5) is 17.2 Å². The largest absolute Gasteiger partial charge is 0.361 e. The van der Waals surface area contributed by atoms with Gasteiger partial charge in [-0.15, -0.1) is 5.10 Å². The average molecular weight is 290 g/mol. The third kappa shape index (κ3) is 2.20. The van der Waals surface area contributed by atoms with E-state index in [0.29, 0.717) is 5.82 Å². The molecule has 0 saturated heterocycles. The molecule has 6 heteroatoms. The van der Waals surface area contributed by atoms with Gasteiger partial charge in [-0.3, -0.25) is 4.90 Å². The van der Waals surface area contributed by atoms with Crippen LogP contribution < -0.4 is 10.2 Å². The fourth-order valence-corrected chi connectivity index (χ4v) is 2.53. The molecule has 3 aromatic rings. The third-order valence-corrected chi connectivity index (χ3v) is 3.57. The first-order valence-corrected chi connectivity index (χ1v) is 7.00. The summed E-state index contributed by atoms with van der Waals surface area (Å²) in [6.45, 7) is 0. The number of aliphatic imine (C=N–C) groups is 1. The zero-order valence-electron chi connectivity index (χ0n) is 11.7. The number of benzene rings is 2. The minimum atomic E-state index is -0.0961. The first kappa shape index (κ1) is 12.6. The SMILES string of the molecule is C1=Nc2ccccc2C(Nc2ccccc2)N1c1cn[nH]n1. The van der Waals surface area contributed by atoms with E-state index >= 15 is 0 Å². The fourth-order valence-electron chi connectivity index (χ4n) is 2.53. The van der Waals surface area contributed by atoms with Crippen molar-refractivity contribution in [3.8, 4) is 0 Å². The summed E-state index contributed by atoms with van der Waals surface area (Å²) in [5.74, 6) is 0.715.